The van der Waals surface area contributed by atoms with Gasteiger partial charge in [0.25, 0.3) is 0 Å². The first kappa shape index (κ1) is 12.3. The number of benzene rings is 1. The lowest BCUT2D eigenvalue weighted by Gasteiger charge is -2.09. The number of aromatic nitrogens is 1. The molecule has 0 amide bonds. The van der Waals surface area contributed by atoms with Gasteiger partial charge in [0.05, 0.1) is 11.2 Å². The highest BCUT2D eigenvalue weighted by molar-refractivity contribution is 7.07. The van der Waals surface area contributed by atoms with E-state index in [0.29, 0.717) is 0 Å². The molecule has 0 bridgehead atoms. The van der Waals surface area contributed by atoms with Gasteiger partial charge >= 0.3 is 0 Å². The van der Waals surface area contributed by atoms with E-state index >= 15 is 0 Å². The molecule has 2 nitrogen and oxygen atoms in total. The fraction of sp³-hybridized carbons (Fsp3) is 0.357. The summed E-state index contributed by atoms with van der Waals surface area (Å²) in [5.41, 5.74) is 7.23. The summed E-state index contributed by atoms with van der Waals surface area (Å²) >= 11 is 1.66. The zero-order chi connectivity index (χ0) is 12.1. The summed E-state index contributed by atoms with van der Waals surface area (Å²) in [6, 6.07) is 6.48. The summed E-state index contributed by atoms with van der Waals surface area (Å²) in [5.74, 6) is 0. The van der Waals surface area contributed by atoms with Gasteiger partial charge in [-0.1, -0.05) is 18.2 Å². The van der Waals surface area contributed by atoms with Crippen molar-refractivity contribution in [2.75, 3.05) is 6.54 Å². The van der Waals surface area contributed by atoms with Crippen LogP contribution < -0.4 is 5.32 Å². The van der Waals surface area contributed by atoms with Gasteiger partial charge in [-0.3, -0.25) is 0 Å². The molecule has 0 aliphatic heterocycles. The SMILES string of the molecule is Cc1cccc(CNCCc2cscn2)c1C. The van der Waals surface area contributed by atoms with Gasteiger partial charge in [-0.05, 0) is 30.5 Å². The zero-order valence-electron chi connectivity index (χ0n) is 10.4. The molecule has 1 heterocycles. The van der Waals surface area contributed by atoms with Gasteiger partial charge in [0.1, 0.15) is 0 Å². The first-order valence-electron chi connectivity index (χ1n) is 5.90. The van der Waals surface area contributed by atoms with Gasteiger partial charge in [-0.25, -0.2) is 4.98 Å². The van der Waals surface area contributed by atoms with Crippen LogP contribution in [0, 0.1) is 13.8 Å². The maximum absolute atomic E-state index is 4.27. The van der Waals surface area contributed by atoms with Crippen molar-refractivity contribution < 1.29 is 0 Å². The fourth-order valence-electron chi connectivity index (χ4n) is 1.80. The van der Waals surface area contributed by atoms with Crippen LogP contribution >= 0.6 is 11.3 Å². The molecular formula is C14H18N2S. The molecule has 3 heteroatoms. The summed E-state index contributed by atoms with van der Waals surface area (Å²) in [5, 5.41) is 5.58. The third-order valence-electron chi connectivity index (χ3n) is 3.07. The van der Waals surface area contributed by atoms with Crippen molar-refractivity contribution in [1.82, 2.24) is 10.3 Å². The molecule has 90 valence electrons. The Morgan fingerprint density at radius 2 is 2.18 bits per heavy atom. The average molecular weight is 246 g/mol. The number of aryl methyl sites for hydroxylation is 1. The predicted molar refractivity (Wildman–Crippen MR) is 73.4 cm³/mol. The minimum Gasteiger partial charge on any atom is -0.312 e. The standard InChI is InChI=1S/C14H18N2S/c1-11-4-3-5-13(12(11)2)8-15-7-6-14-9-17-10-16-14/h3-5,9-10,15H,6-8H2,1-2H3. The molecule has 0 aliphatic carbocycles. The Hall–Kier alpha value is -1.19. The van der Waals surface area contributed by atoms with E-state index in [9.17, 15) is 0 Å². The van der Waals surface area contributed by atoms with E-state index in [-0.39, 0.29) is 0 Å². The smallest absolute Gasteiger partial charge is 0.0794 e. The Bertz CT molecular complexity index is 463. The second kappa shape index (κ2) is 5.94. The van der Waals surface area contributed by atoms with Crippen LogP contribution in [0.2, 0.25) is 0 Å². The average Bonchev–Trinajstić information content (AvgIpc) is 2.83. The molecule has 0 radical (unpaired) electrons. The van der Waals surface area contributed by atoms with Crippen LogP contribution in [0.3, 0.4) is 0 Å². The van der Waals surface area contributed by atoms with Gasteiger partial charge in [0.15, 0.2) is 0 Å². The molecule has 0 saturated heterocycles. The topological polar surface area (TPSA) is 24.9 Å². The van der Waals surface area contributed by atoms with E-state index in [1.54, 1.807) is 11.3 Å². The maximum Gasteiger partial charge on any atom is 0.0794 e. The Balaban J connectivity index is 1.80. The molecule has 1 N–H and O–H groups in total. The van der Waals surface area contributed by atoms with Gasteiger partial charge < -0.3 is 5.32 Å². The second-order valence-corrected chi connectivity index (χ2v) is 4.98. The lowest BCUT2D eigenvalue weighted by Crippen LogP contribution is -2.17. The van der Waals surface area contributed by atoms with Crippen LogP contribution in [0.4, 0.5) is 0 Å². The summed E-state index contributed by atoms with van der Waals surface area (Å²) in [7, 11) is 0. The molecule has 0 saturated carbocycles. The molecule has 17 heavy (non-hydrogen) atoms. The summed E-state index contributed by atoms with van der Waals surface area (Å²) in [6.07, 6.45) is 1.01. The molecule has 1 aromatic heterocycles. The molecule has 0 unspecified atom stereocenters. The number of hydrogen-bond acceptors (Lipinski definition) is 3. The number of hydrogen-bond donors (Lipinski definition) is 1. The Labute approximate surface area is 107 Å². The number of thiazole rings is 1. The second-order valence-electron chi connectivity index (χ2n) is 4.27. The highest BCUT2D eigenvalue weighted by Gasteiger charge is 2.00. The molecule has 2 rings (SSSR count). The quantitative estimate of drug-likeness (QED) is 0.820. The summed E-state index contributed by atoms with van der Waals surface area (Å²) in [6.45, 7) is 6.27. The first-order valence-corrected chi connectivity index (χ1v) is 6.84. The predicted octanol–water partition coefficient (Wildman–Crippen LogP) is 3.09. The highest BCUT2D eigenvalue weighted by Crippen LogP contribution is 2.12. The zero-order valence-corrected chi connectivity index (χ0v) is 11.2. The van der Waals surface area contributed by atoms with Gasteiger partial charge in [0.2, 0.25) is 0 Å². The van der Waals surface area contributed by atoms with Gasteiger partial charge in [-0.15, -0.1) is 11.3 Å². The summed E-state index contributed by atoms with van der Waals surface area (Å²) in [4.78, 5) is 4.27. The molecular weight excluding hydrogens is 228 g/mol. The highest BCUT2D eigenvalue weighted by atomic mass is 32.1. The van der Waals surface area contributed by atoms with E-state index < -0.39 is 0 Å². The van der Waals surface area contributed by atoms with Gasteiger partial charge in [-0.2, -0.15) is 0 Å². The summed E-state index contributed by atoms with van der Waals surface area (Å²) < 4.78 is 0. The van der Waals surface area contributed by atoms with Crippen molar-refractivity contribution in [3.63, 3.8) is 0 Å². The Morgan fingerprint density at radius 1 is 1.29 bits per heavy atom. The lowest BCUT2D eigenvalue weighted by molar-refractivity contribution is 0.679. The molecule has 2 aromatic rings. The van der Waals surface area contributed by atoms with E-state index in [2.05, 4.69) is 47.7 Å². The third kappa shape index (κ3) is 3.38. The Kier molecular flexibility index (Phi) is 4.29. The van der Waals surface area contributed by atoms with Crippen LogP contribution in [-0.2, 0) is 13.0 Å². The van der Waals surface area contributed by atoms with E-state index in [1.165, 1.54) is 22.4 Å². The molecule has 1 aromatic carbocycles. The molecule has 0 atom stereocenters. The maximum atomic E-state index is 4.27. The monoisotopic (exact) mass is 246 g/mol. The van der Waals surface area contributed by atoms with Crippen molar-refractivity contribution >= 4 is 11.3 Å². The number of rotatable bonds is 5. The largest absolute Gasteiger partial charge is 0.312 e. The van der Waals surface area contributed by atoms with E-state index in [4.69, 9.17) is 0 Å². The van der Waals surface area contributed by atoms with Crippen molar-refractivity contribution in [2.24, 2.45) is 0 Å². The van der Waals surface area contributed by atoms with Crippen LogP contribution in [0.5, 0.6) is 0 Å². The lowest BCUT2D eigenvalue weighted by atomic mass is 10.0. The third-order valence-corrected chi connectivity index (χ3v) is 3.71. The van der Waals surface area contributed by atoms with Crippen LogP contribution in [-0.4, -0.2) is 11.5 Å². The molecule has 0 aliphatic rings. The number of nitrogens with zero attached hydrogens (tertiary/aromatic N) is 1. The Morgan fingerprint density at radius 3 is 2.94 bits per heavy atom. The number of nitrogens with one attached hydrogen (secondary N) is 1. The molecule has 0 spiro atoms. The van der Waals surface area contributed by atoms with Crippen LogP contribution in [0.15, 0.2) is 29.1 Å². The minimum absolute atomic E-state index is 0.942. The fourth-order valence-corrected chi connectivity index (χ4v) is 2.40. The van der Waals surface area contributed by atoms with E-state index in [0.717, 1.165) is 19.5 Å². The van der Waals surface area contributed by atoms with Crippen molar-refractivity contribution in [3.8, 4) is 0 Å². The minimum atomic E-state index is 0.942. The van der Waals surface area contributed by atoms with Crippen molar-refractivity contribution in [3.05, 3.63) is 51.5 Å². The van der Waals surface area contributed by atoms with Crippen molar-refractivity contribution in [1.29, 1.82) is 0 Å². The van der Waals surface area contributed by atoms with Gasteiger partial charge in [0, 0.05) is 24.9 Å². The van der Waals surface area contributed by atoms with Crippen LogP contribution in [0.25, 0.3) is 0 Å². The first-order chi connectivity index (χ1) is 8.27. The van der Waals surface area contributed by atoms with E-state index in [1.807, 2.05) is 5.51 Å². The van der Waals surface area contributed by atoms with Crippen molar-refractivity contribution in [2.45, 2.75) is 26.8 Å². The normalized spacial score (nSPS) is 10.7. The van der Waals surface area contributed by atoms with Crippen LogP contribution in [0.1, 0.15) is 22.4 Å². The molecule has 0 fully saturated rings.